The molecule has 0 saturated heterocycles. The molecule has 0 heterocycles. The first-order chi connectivity index (χ1) is 23.6. The fraction of sp³-hybridized carbons (Fsp3) is 0.900. The molecule has 0 aliphatic rings. The van der Waals surface area contributed by atoms with Crippen LogP contribution in [0.1, 0.15) is 12.8 Å². The highest BCUT2D eigenvalue weighted by Crippen LogP contribution is 2.70. The van der Waals surface area contributed by atoms with Crippen LogP contribution in [-0.4, -0.2) is 117 Å². The van der Waals surface area contributed by atoms with Crippen LogP contribution in [0.25, 0.3) is 0 Å². The standard InChI is InChI=1S/C20H6F32O4/c21-5(22,1-3(53)54)7(25,26)9(29,30)11(33,34)13(37,38)15(41,42)17(45,46)19(49,50)20(51,52)18(47,48)16(43,44)14(39,40)12(35,36)10(31,32)8(27,28)6(23,24)2-4(55)56/h1-2H2,(H,53,54)(H,55,56). The van der Waals surface area contributed by atoms with E-state index in [9.17, 15) is 150 Å². The average molecular weight is 918 g/mol. The van der Waals surface area contributed by atoms with Gasteiger partial charge in [0.05, 0.1) is 0 Å². The zero-order valence-corrected chi connectivity index (χ0v) is 24.2. The van der Waals surface area contributed by atoms with Gasteiger partial charge >= 0.3 is 107 Å². The maximum absolute atomic E-state index is 13.9. The van der Waals surface area contributed by atoms with Crippen molar-refractivity contribution >= 4 is 11.9 Å². The minimum atomic E-state index is -10.3. The largest absolute Gasteiger partial charge is 0.481 e. The predicted octanol–water partition coefficient (Wildman–Crippen LogP) is 10.1. The Morgan fingerprint density at radius 3 is 0.411 bits per heavy atom. The molecule has 0 amide bonds. The molecule has 0 unspecified atom stereocenters. The molecule has 0 aromatic rings. The smallest absolute Gasteiger partial charge is 0.385 e. The van der Waals surface area contributed by atoms with Crippen molar-refractivity contribution in [2.75, 3.05) is 0 Å². The van der Waals surface area contributed by atoms with Gasteiger partial charge in [-0.3, -0.25) is 9.59 Å². The molecule has 56 heavy (non-hydrogen) atoms. The van der Waals surface area contributed by atoms with Crippen molar-refractivity contribution in [2.45, 2.75) is 108 Å². The van der Waals surface area contributed by atoms with Gasteiger partial charge in [0.25, 0.3) is 0 Å². The van der Waals surface area contributed by atoms with Gasteiger partial charge in [-0.25, -0.2) is 0 Å². The van der Waals surface area contributed by atoms with Crippen LogP contribution in [0.3, 0.4) is 0 Å². The Morgan fingerprint density at radius 1 is 0.232 bits per heavy atom. The number of carboxylic acid groups (broad SMARTS) is 2. The van der Waals surface area contributed by atoms with Crippen molar-refractivity contribution in [3.63, 3.8) is 0 Å². The third-order valence-corrected chi connectivity index (χ3v) is 6.79. The van der Waals surface area contributed by atoms with E-state index in [1.54, 1.807) is 0 Å². The quantitative estimate of drug-likeness (QED) is 0.127. The van der Waals surface area contributed by atoms with Crippen molar-refractivity contribution in [1.29, 1.82) is 0 Å². The highest BCUT2D eigenvalue weighted by atomic mass is 19.4. The Balaban J connectivity index is 7.76. The Kier molecular flexibility index (Phi) is 12.3. The molecule has 0 aliphatic carbocycles. The van der Waals surface area contributed by atoms with E-state index in [1.807, 2.05) is 0 Å². The van der Waals surface area contributed by atoms with Gasteiger partial charge in [-0.15, -0.1) is 0 Å². The fourth-order valence-corrected chi connectivity index (χ4v) is 3.43. The molecular formula is C20H6F32O4. The van der Waals surface area contributed by atoms with Gasteiger partial charge in [-0.1, -0.05) is 0 Å². The normalized spacial score (nSPS) is 16.6. The second-order valence-electron chi connectivity index (χ2n) is 10.6. The number of hydrogen-bond acceptors (Lipinski definition) is 2. The molecule has 0 radical (unpaired) electrons. The maximum atomic E-state index is 13.9. The molecule has 334 valence electrons. The summed E-state index contributed by atoms with van der Waals surface area (Å²) in [7, 11) is 0. The molecule has 0 fully saturated rings. The van der Waals surface area contributed by atoms with E-state index >= 15 is 0 Å². The van der Waals surface area contributed by atoms with Crippen LogP contribution in [0.2, 0.25) is 0 Å². The monoisotopic (exact) mass is 918 g/mol. The van der Waals surface area contributed by atoms with E-state index in [-0.39, 0.29) is 0 Å². The van der Waals surface area contributed by atoms with Gasteiger partial charge < -0.3 is 10.2 Å². The van der Waals surface area contributed by atoms with Crippen LogP contribution in [0, 0.1) is 0 Å². The SMILES string of the molecule is O=C(O)CC(F)(F)C(F)(F)C(F)(F)C(F)(F)C(F)(F)C(F)(F)C(F)(F)C(F)(F)C(F)(F)C(F)(F)C(F)(F)C(F)(F)C(F)(F)C(F)(F)C(F)(F)C(F)(F)CC(=O)O. The Labute approximate surface area is 281 Å². The van der Waals surface area contributed by atoms with Crippen molar-refractivity contribution < 1.29 is 160 Å². The lowest BCUT2D eigenvalue weighted by molar-refractivity contribution is -0.489. The maximum Gasteiger partial charge on any atom is 0.385 e. The lowest BCUT2D eigenvalue weighted by atomic mass is 9.82. The molecule has 0 aliphatic heterocycles. The van der Waals surface area contributed by atoms with Crippen molar-refractivity contribution in [3.8, 4) is 0 Å². The number of alkyl halides is 32. The van der Waals surface area contributed by atoms with E-state index in [0.717, 1.165) is 0 Å². The summed E-state index contributed by atoms with van der Waals surface area (Å²) in [4.78, 5) is 20.2. The fourth-order valence-electron chi connectivity index (χ4n) is 3.43. The van der Waals surface area contributed by atoms with Crippen molar-refractivity contribution in [3.05, 3.63) is 0 Å². The van der Waals surface area contributed by atoms with Crippen molar-refractivity contribution in [2.24, 2.45) is 0 Å². The lowest BCUT2D eigenvalue weighted by Crippen LogP contribution is -2.80. The summed E-state index contributed by atoms with van der Waals surface area (Å²) in [5.74, 6) is -158. The number of carboxylic acids is 2. The summed E-state index contributed by atoms with van der Waals surface area (Å²) >= 11 is 0. The zero-order chi connectivity index (χ0) is 46.6. The summed E-state index contributed by atoms with van der Waals surface area (Å²) in [5, 5.41) is 15.8. The highest BCUT2D eigenvalue weighted by Gasteiger charge is 3.01. The summed E-state index contributed by atoms with van der Waals surface area (Å²) in [6.07, 6.45) is -7.93. The van der Waals surface area contributed by atoms with Crippen LogP contribution in [-0.2, 0) is 9.59 Å². The van der Waals surface area contributed by atoms with Crippen LogP contribution in [0.4, 0.5) is 140 Å². The summed E-state index contributed by atoms with van der Waals surface area (Å²) in [6, 6.07) is 0. The molecule has 0 spiro atoms. The molecule has 0 saturated carbocycles. The Morgan fingerprint density at radius 2 is 0.321 bits per heavy atom. The van der Waals surface area contributed by atoms with Crippen LogP contribution < -0.4 is 0 Å². The molecule has 36 heteroatoms. The topological polar surface area (TPSA) is 74.6 Å². The van der Waals surface area contributed by atoms with Gasteiger partial charge in [0.1, 0.15) is 12.8 Å². The third-order valence-electron chi connectivity index (χ3n) is 6.79. The molecule has 4 nitrogen and oxygen atoms in total. The predicted molar refractivity (Wildman–Crippen MR) is 104 cm³/mol. The molecule has 0 rings (SSSR count). The average Bonchev–Trinajstić information content (AvgIpc) is 2.94. The highest BCUT2D eigenvalue weighted by molar-refractivity contribution is 5.68. The number of rotatable bonds is 19. The minimum Gasteiger partial charge on any atom is -0.481 e. The third kappa shape index (κ3) is 6.24. The zero-order valence-electron chi connectivity index (χ0n) is 24.2. The summed E-state index contributed by atoms with van der Waals surface area (Å²) < 4.78 is 439. The van der Waals surface area contributed by atoms with Crippen LogP contribution in [0.5, 0.6) is 0 Å². The van der Waals surface area contributed by atoms with E-state index in [0.29, 0.717) is 0 Å². The molecule has 0 atom stereocenters. The second-order valence-corrected chi connectivity index (χ2v) is 10.6. The first-order valence-corrected chi connectivity index (χ1v) is 12.1. The molecule has 0 aromatic carbocycles. The van der Waals surface area contributed by atoms with E-state index in [2.05, 4.69) is 0 Å². The van der Waals surface area contributed by atoms with Crippen LogP contribution >= 0.6 is 0 Å². The molecule has 0 aromatic heterocycles. The molecular weight excluding hydrogens is 912 g/mol. The number of carbonyl (C=O) groups is 2. The lowest BCUT2D eigenvalue weighted by Gasteiger charge is -2.47. The van der Waals surface area contributed by atoms with Crippen molar-refractivity contribution in [1.82, 2.24) is 0 Å². The molecule has 2 N–H and O–H groups in total. The summed E-state index contributed by atoms with van der Waals surface area (Å²) in [5.41, 5.74) is 0. The van der Waals surface area contributed by atoms with Gasteiger partial charge in [-0.2, -0.15) is 140 Å². The first-order valence-electron chi connectivity index (χ1n) is 12.1. The van der Waals surface area contributed by atoms with Crippen LogP contribution in [0.15, 0.2) is 0 Å². The van der Waals surface area contributed by atoms with E-state index in [1.165, 1.54) is 0 Å². The van der Waals surface area contributed by atoms with Gasteiger partial charge in [0.2, 0.25) is 0 Å². The Bertz CT molecular complexity index is 1380. The number of hydrogen-bond donors (Lipinski definition) is 2. The van der Waals surface area contributed by atoms with E-state index < -0.39 is 120 Å². The summed E-state index contributed by atoms with van der Waals surface area (Å²) in [6.45, 7) is 0. The van der Waals surface area contributed by atoms with E-state index in [4.69, 9.17) is 10.2 Å². The number of aliphatic carboxylic acids is 2. The minimum absolute atomic E-state index is 3.53. The Hall–Kier alpha value is -3.30. The van der Waals surface area contributed by atoms with Gasteiger partial charge in [0.15, 0.2) is 0 Å². The van der Waals surface area contributed by atoms with Gasteiger partial charge in [-0.05, 0) is 0 Å². The van der Waals surface area contributed by atoms with Gasteiger partial charge in [0, 0.05) is 0 Å². The number of halogens is 32. The second kappa shape index (κ2) is 13.1. The molecule has 0 bridgehead atoms. The first kappa shape index (κ1) is 52.7.